The second kappa shape index (κ2) is 8.47. The van der Waals surface area contributed by atoms with E-state index >= 15 is 0 Å². The normalized spacial score (nSPS) is 28.4. The highest BCUT2D eigenvalue weighted by Gasteiger charge is 2.36. The van der Waals surface area contributed by atoms with E-state index in [-0.39, 0.29) is 0 Å². The molecule has 2 aliphatic rings. The molecule has 21 heavy (non-hydrogen) atoms. The highest BCUT2D eigenvalue weighted by Crippen LogP contribution is 2.32. The molecule has 2 fully saturated rings. The van der Waals surface area contributed by atoms with Gasteiger partial charge in [-0.15, -0.1) is 0 Å². The van der Waals surface area contributed by atoms with Crippen molar-refractivity contribution in [2.75, 3.05) is 59.5 Å². The van der Waals surface area contributed by atoms with Crippen molar-refractivity contribution in [1.29, 1.82) is 0 Å². The van der Waals surface area contributed by atoms with Crippen molar-refractivity contribution in [2.24, 2.45) is 5.41 Å². The predicted molar refractivity (Wildman–Crippen MR) is 88.8 cm³/mol. The maximum Gasteiger partial charge on any atom is 0.0472 e. The van der Waals surface area contributed by atoms with Gasteiger partial charge in [0, 0.05) is 38.9 Å². The second-order valence-corrected chi connectivity index (χ2v) is 7.04. The number of likely N-dealkylation sites (N-methyl/N-ethyl adjacent to an activating group) is 1. The Labute approximate surface area is 131 Å². The van der Waals surface area contributed by atoms with Crippen molar-refractivity contribution in [3.8, 4) is 0 Å². The van der Waals surface area contributed by atoms with Gasteiger partial charge in [-0.2, -0.15) is 0 Å². The molecule has 2 saturated heterocycles. The van der Waals surface area contributed by atoms with E-state index in [1.165, 1.54) is 51.9 Å². The zero-order chi connectivity index (χ0) is 15.1. The fourth-order valence-electron chi connectivity index (χ4n) is 3.90. The Morgan fingerprint density at radius 1 is 1.19 bits per heavy atom. The predicted octanol–water partition coefficient (Wildman–Crippen LogP) is 1.81. The molecule has 124 valence electrons. The molecule has 0 aromatic heterocycles. The van der Waals surface area contributed by atoms with E-state index < -0.39 is 0 Å². The SMILES string of the molecule is CCNCC1(CN2CCCN(C)CC2CC)CCOCC1. The third kappa shape index (κ3) is 4.92. The van der Waals surface area contributed by atoms with E-state index in [0.29, 0.717) is 5.41 Å². The van der Waals surface area contributed by atoms with Gasteiger partial charge in [0.25, 0.3) is 0 Å². The number of hydrogen-bond donors (Lipinski definition) is 1. The van der Waals surface area contributed by atoms with Crippen molar-refractivity contribution >= 4 is 0 Å². The van der Waals surface area contributed by atoms with Crippen LogP contribution in [0.15, 0.2) is 0 Å². The largest absolute Gasteiger partial charge is 0.381 e. The maximum absolute atomic E-state index is 5.63. The first-order chi connectivity index (χ1) is 10.2. The summed E-state index contributed by atoms with van der Waals surface area (Å²) in [7, 11) is 2.27. The summed E-state index contributed by atoms with van der Waals surface area (Å²) in [6.45, 7) is 13.6. The lowest BCUT2D eigenvalue weighted by Crippen LogP contribution is -2.51. The molecule has 0 aliphatic carbocycles. The summed E-state index contributed by atoms with van der Waals surface area (Å²) in [6, 6.07) is 0.721. The summed E-state index contributed by atoms with van der Waals surface area (Å²) in [5.41, 5.74) is 0.421. The highest BCUT2D eigenvalue weighted by molar-refractivity contribution is 4.90. The first-order valence-corrected chi connectivity index (χ1v) is 8.90. The van der Waals surface area contributed by atoms with Crippen LogP contribution in [0.1, 0.15) is 39.5 Å². The Hall–Kier alpha value is -0.160. The fraction of sp³-hybridized carbons (Fsp3) is 1.00. The topological polar surface area (TPSA) is 27.7 Å². The van der Waals surface area contributed by atoms with E-state index in [9.17, 15) is 0 Å². The summed E-state index contributed by atoms with van der Waals surface area (Å²) in [5, 5.41) is 3.61. The van der Waals surface area contributed by atoms with Crippen molar-refractivity contribution < 1.29 is 4.74 Å². The third-order valence-corrected chi connectivity index (χ3v) is 5.34. The smallest absolute Gasteiger partial charge is 0.0472 e. The molecule has 0 amide bonds. The van der Waals surface area contributed by atoms with Gasteiger partial charge in [-0.1, -0.05) is 13.8 Å². The van der Waals surface area contributed by atoms with Crippen LogP contribution in [-0.4, -0.2) is 75.4 Å². The van der Waals surface area contributed by atoms with Crippen LogP contribution in [0, 0.1) is 5.41 Å². The first-order valence-electron chi connectivity index (χ1n) is 8.90. The van der Waals surface area contributed by atoms with Gasteiger partial charge in [0.15, 0.2) is 0 Å². The number of hydrogen-bond acceptors (Lipinski definition) is 4. The summed E-state index contributed by atoms with van der Waals surface area (Å²) in [5.74, 6) is 0. The Morgan fingerprint density at radius 3 is 2.62 bits per heavy atom. The summed E-state index contributed by atoms with van der Waals surface area (Å²) >= 11 is 0. The van der Waals surface area contributed by atoms with Crippen LogP contribution >= 0.6 is 0 Å². The van der Waals surface area contributed by atoms with E-state index in [4.69, 9.17) is 4.74 Å². The summed E-state index contributed by atoms with van der Waals surface area (Å²) in [6.07, 6.45) is 4.99. The Bertz CT molecular complexity index is 292. The molecule has 4 heteroatoms. The molecular weight excluding hydrogens is 262 g/mol. The Balaban J connectivity index is 2.02. The van der Waals surface area contributed by atoms with Crippen LogP contribution in [-0.2, 0) is 4.74 Å². The number of nitrogens with one attached hydrogen (secondary N) is 1. The minimum atomic E-state index is 0.421. The highest BCUT2D eigenvalue weighted by atomic mass is 16.5. The molecule has 2 heterocycles. The van der Waals surface area contributed by atoms with Gasteiger partial charge in [-0.25, -0.2) is 0 Å². The molecule has 1 atom stereocenters. The summed E-state index contributed by atoms with van der Waals surface area (Å²) < 4.78 is 5.63. The van der Waals surface area contributed by atoms with Crippen LogP contribution in [0.3, 0.4) is 0 Å². The standard InChI is InChI=1S/C17H35N3O/c1-4-16-13-19(3)9-6-10-20(16)15-17(14-18-5-2)7-11-21-12-8-17/h16,18H,4-15H2,1-3H3. The molecule has 0 spiro atoms. The lowest BCUT2D eigenvalue weighted by molar-refractivity contribution is -0.0115. The fourth-order valence-corrected chi connectivity index (χ4v) is 3.90. The van der Waals surface area contributed by atoms with Gasteiger partial charge in [-0.05, 0) is 57.8 Å². The quantitative estimate of drug-likeness (QED) is 0.809. The molecule has 0 saturated carbocycles. The van der Waals surface area contributed by atoms with Crippen molar-refractivity contribution in [1.82, 2.24) is 15.1 Å². The Kier molecular flexibility index (Phi) is 6.93. The molecule has 2 aliphatic heterocycles. The molecule has 0 radical (unpaired) electrons. The molecule has 1 N–H and O–H groups in total. The minimum Gasteiger partial charge on any atom is -0.381 e. The van der Waals surface area contributed by atoms with Crippen molar-refractivity contribution in [3.05, 3.63) is 0 Å². The lowest BCUT2D eigenvalue weighted by Gasteiger charge is -2.43. The Morgan fingerprint density at radius 2 is 1.95 bits per heavy atom. The van der Waals surface area contributed by atoms with Gasteiger partial charge in [0.05, 0.1) is 0 Å². The van der Waals surface area contributed by atoms with Gasteiger partial charge < -0.3 is 15.0 Å². The number of nitrogens with zero attached hydrogens (tertiary/aromatic N) is 2. The summed E-state index contributed by atoms with van der Waals surface area (Å²) in [4.78, 5) is 5.29. The van der Waals surface area contributed by atoms with Crippen LogP contribution < -0.4 is 5.32 Å². The zero-order valence-corrected chi connectivity index (χ0v) is 14.4. The monoisotopic (exact) mass is 297 g/mol. The van der Waals surface area contributed by atoms with Gasteiger partial charge in [0.1, 0.15) is 0 Å². The average molecular weight is 297 g/mol. The van der Waals surface area contributed by atoms with E-state index in [0.717, 1.165) is 32.3 Å². The van der Waals surface area contributed by atoms with E-state index in [1.54, 1.807) is 0 Å². The number of rotatable bonds is 6. The average Bonchev–Trinajstić information content (AvgIpc) is 2.67. The van der Waals surface area contributed by atoms with Crippen LogP contribution in [0.25, 0.3) is 0 Å². The van der Waals surface area contributed by atoms with Crippen molar-refractivity contribution in [3.63, 3.8) is 0 Å². The van der Waals surface area contributed by atoms with Crippen molar-refractivity contribution in [2.45, 2.75) is 45.6 Å². The lowest BCUT2D eigenvalue weighted by atomic mass is 9.79. The molecule has 1 unspecified atom stereocenters. The van der Waals surface area contributed by atoms with E-state index in [1.807, 2.05) is 0 Å². The zero-order valence-electron chi connectivity index (χ0n) is 14.4. The molecule has 0 aromatic rings. The minimum absolute atomic E-state index is 0.421. The molecule has 2 rings (SSSR count). The first kappa shape index (κ1) is 17.2. The molecule has 4 nitrogen and oxygen atoms in total. The van der Waals surface area contributed by atoms with Crippen LogP contribution in [0.2, 0.25) is 0 Å². The molecular formula is C17H35N3O. The van der Waals surface area contributed by atoms with Crippen LogP contribution in [0.5, 0.6) is 0 Å². The van der Waals surface area contributed by atoms with Crippen LogP contribution in [0.4, 0.5) is 0 Å². The molecule has 0 bridgehead atoms. The van der Waals surface area contributed by atoms with Gasteiger partial charge >= 0.3 is 0 Å². The maximum atomic E-state index is 5.63. The van der Waals surface area contributed by atoms with Gasteiger partial charge in [0.2, 0.25) is 0 Å². The van der Waals surface area contributed by atoms with E-state index in [2.05, 4.69) is 36.0 Å². The third-order valence-electron chi connectivity index (χ3n) is 5.34. The second-order valence-electron chi connectivity index (χ2n) is 7.04. The number of ether oxygens (including phenoxy) is 1. The van der Waals surface area contributed by atoms with Gasteiger partial charge in [-0.3, -0.25) is 4.90 Å². The molecule has 0 aromatic carbocycles.